The molecule has 0 unspecified atom stereocenters. The van der Waals surface area contributed by atoms with Gasteiger partial charge in [-0.25, -0.2) is 0 Å². The summed E-state index contributed by atoms with van der Waals surface area (Å²) in [6.45, 7) is 5.42. The molecule has 5 heteroatoms. The van der Waals surface area contributed by atoms with Crippen LogP contribution in [0.25, 0.3) is 0 Å². The van der Waals surface area contributed by atoms with Gasteiger partial charge in [0.25, 0.3) is 0 Å². The smallest absolute Gasteiger partial charge is 0.0724 e. The molecule has 0 bridgehead atoms. The predicted molar refractivity (Wildman–Crippen MR) is 61.2 cm³/mol. The molecular formula is C11H19N3O2. The maximum absolute atomic E-state index is 5.31. The van der Waals surface area contributed by atoms with E-state index in [-0.39, 0.29) is 0 Å². The molecule has 90 valence electrons. The topological polar surface area (TPSA) is 56.3 Å². The van der Waals surface area contributed by atoms with Gasteiger partial charge in [-0.1, -0.05) is 0 Å². The number of methoxy groups -OCH3 is 1. The van der Waals surface area contributed by atoms with Crippen molar-refractivity contribution >= 4 is 0 Å². The molecule has 0 saturated heterocycles. The van der Waals surface area contributed by atoms with E-state index in [1.807, 2.05) is 6.92 Å². The van der Waals surface area contributed by atoms with Crippen molar-refractivity contribution in [1.82, 2.24) is 15.3 Å². The van der Waals surface area contributed by atoms with Gasteiger partial charge in [0.15, 0.2) is 0 Å². The lowest BCUT2D eigenvalue weighted by molar-refractivity contribution is 0.0719. The van der Waals surface area contributed by atoms with E-state index in [4.69, 9.17) is 9.47 Å². The van der Waals surface area contributed by atoms with Gasteiger partial charge in [-0.2, -0.15) is 0 Å². The fourth-order valence-corrected chi connectivity index (χ4v) is 1.12. The average Bonchev–Trinajstić information content (AvgIpc) is 2.30. The first kappa shape index (κ1) is 13.0. The molecule has 5 nitrogen and oxygen atoms in total. The van der Waals surface area contributed by atoms with Crippen molar-refractivity contribution in [2.45, 2.75) is 13.5 Å². The summed E-state index contributed by atoms with van der Waals surface area (Å²) >= 11 is 0. The van der Waals surface area contributed by atoms with Crippen LogP contribution in [0.15, 0.2) is 12.4 Å². The van der Waals surface area contributed by atoms with Crippen LogP contribution in [-0.2, 0) is 16.0 Å². The highest BCUT2D eigenvalue weighted by Crippen LogP contribution is 1.92. The molecule has 0 saturated carbocycles. The summed E-state index contributed by atoms with van der Waals surface area (Å²) in [7, 11) is 1.66. The third-order valence-electron chi connectivity index (χ3n) is 2.00. The van der Waals surface area contributed by atoms with Crippen molar-refractivity contribution in [2.75, 3.05) is 33.5 Å². The third-order valence-corrected chi connectivity index (χ3v) is 2.00. The molecule has 0 spiro atoms. The minimum absolute atomic E-state index is 0.641. The number of ether oxygens (including phenoxy) is 2. The fraction of sp³-hybridized carbons (Fsp3) is 0.636. The van der Waals surface area contributed by atoms with Gasteiger partial charge in [-0.05, 0) is 6.92 Å². The molecule has 0 aliphatic heterocycles. The lowest BCUT2D eigenvalue weighted by atomic mass is 10.4. The number of nitrogens with zero attached hydrogens (tertiary/aromatic N) is 2. The zero-order valence-corrected chi connectivity index (χ0v) is 9.90. The SMILES string of the molecule is COCCOCCNCc1cnc(C)cn1. The van der Waals surface area contributed by atoms with Crippen LogP contribution in [0.2, 0.25) is 0 Å². The summed E-state index contributed by atoms with van der Waals surface area (Å²) < 4.78 is 10.2. The molecule has 0 aliphatic carbocycles. The molecule has 1 rings (SSSR count). The molecule has 0 amide bonds. The first-order valence-electron chi connectivity index (χ1n) is 5.38. The second-order valence-corrected chi connectivity index (χ2v) is 3.43. The van der Waals surface area contributed by atoms with Gasteiger partial charge >= 0.3 is 0 Å². The van der Waals surface area contributed by atoms with E-state index in [0.717, 1.165) is 24.5 Å². The van der Waals surface area contributed by atoms with E-state index >= 15 is 0 Å². The Morgan fingerprint density at radius 1 is 1.19 bits per heavy atom. The van der Waals surface area contributed by atoms with E-state index in [1.165, 1.54) is 0 Å². The van der Waals surface area contributed by atoms with Crippen molar-refractivity contribution < 1.29 is 9.47 Å². The Labute approximate surface area is 96.2 Å². The Morgan fingerprint density at radius 2 is 2.06 bits per heavy atom. The molecule has 1 aromatic rings. The number of aryl methyl sites for hydroxylation is 1. The van der Waals surface area contributed by atoms with Crippen LogP contribution in [0.4, 0.5) is 0 Å². The normalized spacial score (nSPS) is 10.6. The number of aromatic nitrogens is 2. The average molecular weight is 225 g/mol. The van der Waals surface area contributed by atoms with E-state index in [2.05, 4.69) is 15.3 Å². The Balaban J connectivity index is 2.01. The zero-order valence-electron chi connectivity index (χ0n) is 9.90. The molecule has 16 heavy (non-hydrogen) atoms. The Kier molecular flexibility index (Phi) is 6.64. The molecule has 1 aromatic heterocycles. The van der Waals surface area contributed by atoms with Gasteiger partial charge in [0.1, 0.15) is 0 Å². The molecule has 0 atom stereocenters. The van der Waals surface area contributed by atoms with E-state index in [1.54, 1.807) is 19.5 Å². The van der Waals surface area contributed by atoms with Crippen LogP contribution < -0.4 is 5.32 Å². The van der Waals surface area contributed by atoms with Crippen LogP contribution in [0, 0.1) is 6.92 Å². The second-order valence-electron chi connectivity index (χ2n) is 3.43. The number of rotatable bonds is 8. The van der Waals surface area contributed by atoms with Crippen molar-refractivity contribution in [3.05, 3.63) is 23.8 Å². The Morgan fingerprint density at radius 3 is 2.75 bits per heavy atom. The summed E-state index contributed by atoms with van der Waals surface area (Å²) in [4.78, 5) is 8.41. The highest BCUT2D eigenvalue weighted by molar-refractivity contribution is 4.99. The summed E-state index contributed by atoms with van der Waals surface area (Å²) in [5.74, 6) is 0. The number of hydrogen-bond acceptors (Lipinski definition) is 5. The van der Waals surface area contributed by atoms with Crippen molar-refractivity contribution in [3.8, 4) is 0 Å². The van der Waals surface area contributed by atoms with Gasteiger partial charge in [0.2, 0.25) is 0 Å². The highest BCUT2D eigenvalue weighted by Gasteiger charge is 1.94. The van der Waals surface area contributed by atoms with Gasteiger partial charge < -0.3 is 14.8 Å². The van der Waals surface area contributed by atoms with Crippen LogP contribution >= 0.6 is 0 Å². The minimum atomic E-state index is 0.641. The van der Waals surface area contributed by atoms with Crippen molar-refractivity contribution in [1.29, 1.82) is 0 Å². The lowest BCUT2D eigenvalue weighted by Gasteiger charge is -2.05. The quantitative estimate of drug-likeness (QED) is 0.654. The molecule has 0 aliphatic rings. The molecular weight excluding hydrogens is 206 g/mol. The van der Waals surface area contributed by atoms with Gasteiger partial charge in [0, 0.05) is 32.6 Å². The van der Waals surface area contributed by atoms with E-state index in [9.17, 15) is 0 Å². The Hall–Kier alpha value is -1.04. The molecule has 1 N–H and O–H groups in total. The van der Waals surface area contributed by atoms with Gasteiger partial charge in [-0.15, -0.1) is 0 Å². The predicted octanol–water partition coefficient (Wildman–Crippen LogP) is 0.538. The summed E-state index contributed by atoms with van der Waals surface area (Å²) in [6, 6.07) is 0. The maximum Gasteiger partial charge on any atom is 0.0724 e. The molecule has 0 aromatic carbocycles. The molecule has 0 radical (unpaired) electrons. The van der Waals surface area contributed by atoms with Crippen LogP contribution in [0.1, 0.15) is 11.4 Å². The van der Waals surface area contributed by atoms with Crippen LogP contribution in [0.5, 0.6) is 0 Å². The fourth-order valence-electron chi connectivity index (χ4n) is 1.12. The highest BCUT2D eigenvalue weighted by atomic mass is 16.5. The van der Waals surface area contributed by atoms with Crippen LogP contribution in [-0.4, -0.2) is 43.4 Å². The first-order valence-corrected chi connectivity index (χ1v) is 5.38. The Bertz CT molecular complexity index is 277. The number of hydrogen-bond donors (Lipinski definition) is 1. The summed E-state index contributed by atoms with van der Waals surface area (Å²) in [5, 5.41) is 3.23. The van der Waals surface area contributed by atoms with E-state index in [0.29, 0.717) is 19.8 Å². The second kappa shape index (κ2) is 8.15. The zero-order chi connectivity index (χ0) is 11.6. The van der Waals surface area contributed by atoms with Gasteiger partial charge in [0.05, 0.1) is 31.2 Å². The maximum atomic E-state index is 5.31. The largest absolute Gasteiger partial charge is 0.382 e. The van der Waals surface area contributed by atoms with E-state index < -0.39 is 0 Å². The van der Waals surface area contributed by atoms with Crippen LogP contribution in [0.3, 0.4) is 0 Å². The standard InChI is InChI=1S/C11H19N3O2/c1-10-7-14-11(9-13-10)8-12-3-4-16-6-5-15-2/h7,9,12H,3-6,8H2,1-2H3. The third kappa shape index (κ3) is 5.75. The minimum Gasteiger partial charge on any atom is -0.382 e. The molecule has 0 fully saturated rings. The lowest BCUT2D eigenvalue weighted by Crippen LogP contribution is -2.20. The first-order chi connectivity index (χ1) is 7.83. The van der Waals surface area contributed by atoms with Gasteiger partial charge in [-0.3, -0.25) is 9.97 Å². The van der Waals surface area contributed by atoms with Crippen molar-refractivity contribution in [3.63, 3.8) is 0 Å². The summed E-state index contributed by atoms with van der Waals surface area (Å²) in [5.41, 5.74) is 1.88. The van der Waals surface area contributed by atoms with Crippen molar-refractivity contribution in [2.24, 2.45) is 0 Å². The number of nitrogens with one attached hydrogen (secondary N) is 1. The monoisotopic (exact) mass is 225 g/mol. The molecule has 1 heterocycles. The summed E-state index contributed by atoms with van der Waals surface area (Å²) in [6.07, 6.45) is 3.56.